The fraction of sp³-hybridized carbons (Fsp3) is 0.769. The van der Waals surface area contributed by atoms with E-state index in [1.165, 1.54) is 0 Å². The monoisotopic (exact) mass is 410 g/mol. The molecule has 0 aliphatic heterocycles. The molecule has 0 aliphatic rings. The van der Waals surface area contributed by atoms with Crippen molar-refractivity contribution in [2.24, 2.45) is 5.73 Å². The molecule has 0 fully saturated rings. The third-order valence-electron chi connectivity index (χ3n) is 2.93. The Kier molecular flexibility index (Phi) is 13.0. The van der Waals surface area contributed by atoms with Gasteiger partial charge in [0.05, 0.1) is 32.8 Å². The summed E-state index contributed by atoms with van der Waals surface area (Å²) in [6.45, 7) is -0.516. The number of unbranched alkanes of at least 4 members (excludes halogenated alkanes) is 2. The zero-order valence-corrected chi connectivity index (χ0v) is 14.9. The minimum absolute atomic E-state index is 0.0955. The molecule has 0 rings (SSSR count). The van der Waals surface area contributed by atoms with Gasteiger partial charge in [-0.3, -0.25) is 4.79 Å². The second kappa shape index (κ2) is 14.7. The number of esters is 1. The van der Waals surface area contributed by atoms with Gasteiger partial charge in [-0.1, -0.05) is 0 Å². The highest BCUT2D eigenvalue weighted by molar-refractivity contribution is 5.87. The smallest absolute Gasteiger partial charge is 0.407 e. The number of amides is 2. The maximum absolute atomic E-state index is 11.9. The first-order valence-electron chi connectivity index (χ1n) is 8.15. The van der Waals surface area contributed by atoms with E-state index in [1.807, 2.05) is 0 Å². The quantitative estimate of drug-likeness (QED) is 0.143. The number of nitrogens with zero attached hydrogens (tertiary/aromatic N) is 2. The number of alkyl carbamates (subject to hydrolysis) is 1. The molecule has 0 aromatic heterocycles. The molecular weight excluding hydrogens is 388 g/mol. The average molecular weight is 410 g/mol. The van der Waals surface area contributed by atoms with Crippen LogP contribution in [0.1, 0.15) is 32.1 Å². The van der Waals surface area contributed by atoms with E-state index in [-0.39, 0.29) is 52.1 Å². The maximum Gasteiger partial charge on any atom is 0.407 e. The van der Waals surface area contributed by atoms with Gasteiger partial charge in [-0.25, -0.2) is 9.59 Å². The predicted molar refractivity (Wildman–Crippen MR) is 87.4 cm³/mol. The molecule has 2 amide bonds. The molecule has 0 aromatic carbocycles. The first-order valence-corrected chi connectivity index (χ1v) is 8.15. The van der Waals surface area contributed by atoms with Crippen molar-refractivity contribution in [3.63, 3.8) is 0 Å². The van der Waals surface area contributed by atoms with E-state index in [0.29, 0.717) is 0 Å². The molecular formula is C13H22N4O11. The minimum atomic E-state index is -1.36. The molecule has 3 N–H and O–H groups in total. The summed E-state index contributed by atoms with van der Waals surface area (Å²) in [6, 6.07) is -1.36. The molecule has 0 bridgehead atoms. The predicted octanol–water partition coefficient (Wildman–Crippen LogP) is -0.523. The standard InChI is InChI=1S/C13H22N4O11/c14-11(18)9-10(12(19)25-5-1-3-7-27-16(21)22)15-13(20)26-6-2-4-8-28-17(23)24/h10H,1-9H2,(H2,14,18)(H,15,20). The summed E-state index contributed by atoms with van der Waals surface area (Å²) in [4.78, 5) is 62.6. The van der Waals surface area contributed by atoms with Gasteiger partial charge >= 0.3 is 12.1 Å². The number of hydrogen-bond acceptors (Lipinski definition) is 11. The summed E-state index contributed by atoms with van der Waals surface area (Å²) in [6.07, 6.45) is -0.462. The van der Waals surface area contributed by atoms with Crippen LogP contribution in [0.5, 0.6) is 0 Å². The number of rotatable bonds is 16. The Labute approximate surface area is 158 Å². The zero-order valence-electron chi connectivity index (χ0n) is 14.9. The van der Waals surface area contributed by atoms with E-state index >= 15 is 0 Å². The van der Waals surface area contributed by atoms with Crippen LogP contribution < -0.4 is 11.1 Å². The Morgan fingerprint density at radius 2 is 1.32 bits per heavy atom. The topological polar surface area (TPSA) is 212 Å². The molecule has 1 atom stereocenters. The second-order valence-corrected chi connectivity index (χ2v) is 5.20. The summed E-state index contributed by atoms with van der Waals surface area (Å²) in [5.74, 6) is -1.79. The molecule has 15 heteroatoms. The lowest BCUT2D eigenvalue weighted by molar-refractivity contribution is -0.757. The number of hydrogen-bond donors (Lipinski definition) is 2. The summed E-state index contributed by atoms with van der Waals surface area (Å²) in [7, 11) is 0. The molecule has 0 aromatic rings. The minimum Gasteiger partial charge on any atom is -0.464 e. The van der Waals surface area contributed by atoms with Crippen LogP contribution in [-0.4, -0.2) is 60.6 Å². The summed E-state index contributed by atoms with van der Waals surface area (Å²) in [5, 5.41) is 20.1. The molecule has 0 saturated heterocycles. The average Bonchev–Trinajstić information content (AvgIpc) is 2.59. The van der Waals surface area contributed by atoms with Crippen molar-refractivity contribution in [2.45, 2.75) is 38.1 Å². The summed E-state index contributed by atoms with van der Waals surface area (Å²) < 4.78 is 9.65. The number of carbonyl (C=O) groups is 3. The lowest BCUT2D eigenvalue weighted by Gasteiger charge is -2.16. The Hall–Kier alpha value is -3.39. The maximum atomic E-state index is 11.9. The van der Waals surface area contributed by atoms with Crippen LogP contribution in [0.3, 0.4) is 0 Å². The second-order valence-electron chi connectivity index (χ2n) is 5.20. The van der Waals surface area contributed by atoms with Crippen LogP contribution in [0.4, 0.5) is 4.79 Å². The van der Waals surface area contributed by atoms with E-state index in [2.05, 4.69) is 15.0 Å². The Balaban J connectivity index is 4.14. The number of ether oxygens (including phenoxy) is 2. The van der Waals surface area contributed by atoms with E-state index in [0.717, 1.165) is 0 Å². The van der Waals surface area contributed by atoms with Crippen LogP contribution in [-0.2, 0) is 28.7 Å². The SMILES string of the molecule is NC(=O)CC(NC(=O)OCCCCO[N+](=O)[O-])C(=O)OCCCCO[N+](=O)[O-]. The molecule has 1 unspecified atom stereocenters. The van der Waals surface area contributed by atoms with Gasteiger partial charge < -0.3 is 30.2 Å². The van der Waals surface area contributed by atoms with Crippen molar-refractivity contribution in [3.05, 3.63) is 20.2 Å². The largest absolute Gasteiger partial charge is 0.464 e. The van der Waals surface area contributed by atoms with Gasteiger partial charge in [0.15, 0.2) is 0 Å². The van der Waals surface area contributed by atoms with Gasteiger partial charge in [0, 0.05) is 0 Å². The van der Waals surface area contributed by atoms with Gasteiger partial charge in [0.1, 0.15) is 6.04 Å². The number of nitrogens with one attached hydrogen (secondary N) is 1. The molecule has 0 spiro atoms. The van der Waals surface area contributed by atoms with Crippen molar-refractivity contribution in [1.82, 2.24) is 5.32 Å². The van der Waals surface area contributed by atoms with Crippen molar-refractivity contribution >= 4 is 18.0 Å². The molecule has 15 nitrogen and oxygen atoms in total. The van der Waals surface area contributed by atoms with Gasteiger partial charge in [-0.15, -0.1) is 20.2 Å². The highest BCUT2D eigenvalue weighted by Gasteiger charge is 2.25. The Morgan fingerprint density at radius 3 is 1.79 bits per heavy atom. The van der Waals surface area contributed by atoms with Gasteiger partial charge in [0.2, 0.25) is 5.91 Å². The highest BCUT2D eigenvalue weighted by atomic mass is 17.0. The van der Waals surface area contributed by atoms with E-state index in [9.17, 15) is 34.6 Å². The fourth-order valence-corrected chi connectivity index (χ4v) is 1.70. The first kappa shape index (κ1) is 24.6. The third kappa shape index (κ3) is 14.9. The van der Waals surface area contributed by atoms with E-state index in [1.54, 1.807) is 0 Å². The van der Waals surface area contributed by atoms with E-state index < -0.39 is 40.6 Å². The number of nitrogens with two attached hydrogens (primary N) is 1. The summed E-state index contributed by atoms with van der Waals surface area (Å²) >= 11 is 0. The molecule has 0 saturated carbocycles. The Morgan fingerprint density at radius 1 is 0.857 bits per heavy atom. The van der Waals surface area contributed by atoms with Crippen molar-refractivity contribution in [2.75, 3.05) is 26.4 Å². The fourth-order valence-electron chi connectivity index (χ4n) is 1.70. The molecule has 0 heterocycles. The molecule has 0 radical (unpaired) electrons. The molecule has 0 aliphatic carbocycles. The van der Waals surface area contributed by atoms with Gasteiger partial charge in [0.25, 0.3) is 10.2 Å². The van der Waals surface area contributed by atoms with Crippen molar-refractivity contribution in [1.29, 1.82) is 0 Å². The van der Waals surface area contributed by atoms with E-state index in [4.69, 9.17) is 15.2 Å². The molecule has 28 heavy (non-hydrogen) atoms. The summed E-state index contributed by atoms with van der Waals surface area (Å²) in [5.41, 5.74) is 5.02. The van der Waals surface area contributed by atoms with Crippen LogP contribution in [0.25, 0.3) is 0 Å². The first-order chi connectivity index (χ1) is 13.2. The van der Waals surface area contributed by atoms with Crippen LogP contribution >= 0.6 is 0 Å². The normalized spacial score (nSPS) is 11.0. The number of primary amides is 1. The molecule has 160 valence electrons. The van der Waals surface area contributed by atoms with Crippen molar-refractivity contribution in [3.8, 4) is 0 Å². The Bertz CT molecular complexity index is 543. The zero-order chi connectivity index (χ0) is 21.4. The lowest BCUT2D eigenvalue weighted by Crippen LogP contribution is -2.44. The van der Waals surface area contributed by atoms with Crippen LogP contribution in [0.2, 0.25) is 0 Å². The lowest BCUT2D eigenvalue weighted by atomic mass is 10.2. The van der Waals surface area contributed by atoms with Crippen LogP contribution in [0, 0.1) is 20.2 Å². The van der Waals surface area contributed by atoms with Crippen LogP contribution in [0.15, 0.2) is 0 Å². The van der Waals surface area contributed by atoms with Gasteiger partial charge in [-0.2, -0.15) is 0 Å². The number of carbonyl (C=O) groups excluding carboxylic acids is 3. The highest BCUT2D eigenvalue weighted by Crippen LogP contribution is 2.00. The third-order valence-corrected chi connectivity index (χ3v) is 2.93. The van der Waals surface area contributed by atoms with Crippen molar-refractivity contribution < 1.29 is 43.7 Å². The van der Waals surface area contributed by atoms with Gasteiger partial charge in [-0.05, 0) is 25.7 Å².